The summed E-state index contributed by atoms with van der Waals surface area (Å²) in [5.74, 6) is -1.23. The Morgan fingerprint density at radius 2 is 1.84 bits per heavy atom. The monoisotopic (exact) mass is 820 g/mol. The minimum atomic E-state index is -5.02. The second-order valence-electron chi connectivity index (χ2n) is 9.34. The second kappa shape index (κ2) is 13.2. The fourth-order valence-electron chi connectivity index (χ4n) is 4.52. The van der Waals surface area contributed by atoms with Gasteiger partial charge in [0.2, 0.25) is 0 Å². The van der Waals surface area contributed by atoms with Crippen molar-refractivity contribution in [2.45, 2.75) is 25.7 Å². The van der Waals surface area contributed by atoms with Gasteiger partial charge >= 0.3 is 12.1 Å². The first-order chi connectivity index (χ1) is 20.9. The highest BCUT2D eigenvalue weighted by Crippen LogP contribution is 2.38. The number of hydrogen-bond acceptors (Lipinski definition) is 6. The van der Waals surface area contributed by atoms with Crippen molar-refractivity contribution in [3.8, 4) is 5.75 Å². The summed E-state index contributed by atoms with van der Waals surface area (Å²) >= 11 is 12.3. The molecule has 0 saturated carbocycles. The zero-order valence-electron chi connectivity index (χ0n) is 22.4. The Labute approximate surface area is 278 Å². The van der Waals surface area contributed by atoms with Crippen LogP contribution in [0.2, 0.25) is 5.02 Å². The average Bonchev–Trinajstić information content (AvgIpc) is 3.27. The maximum atomic E-state index is 14.4. The lowest BCUT2D eigenvalue weighted by Crippen LogP contribution is -2.41. The molecule has 1 atom stereocenters. The summed E-state index contributed by atoms with van der Waals surface area (Å²) in [6, 6.07) is 13.6. The van der Waals surface area contributed by atoms with Crippen molar-refractivity contribution in [1.29, 1.82) is 0 Å². The molecule has 0 amide bonds. The van der Waals surface area contributed by atoms with Crippen molar-refractivity contribution < 1.29 is 31.8 Å². The molecule has 0 radical (unpaired) electrons. The van der Waals surface area contributed by atoms with Crippen LogP contribution in [0.1, 0.15) is 29.7 Å². The van der Waals surface area contributed by atoms with Crippen LogP contribution in [0.15, 0.2) is 86.2 Å². The summed E-state index contributed by atoms with van der Waals surface area (Å²) in [7, 11) is 0. The molecule has 0 saturated heterocycles. The van der Waals surface area contributed by atoms with Crippen LogP contribution in [0.4, 0.5) is 17.6 Å². The van der Waals surface area contributed by atoms with Crippen LogP contribution < -0.4 is 19.6 Å². The number of aromatic nitrogens is 1. The van der Waals surface area contributed by atoms with Crippen molar-refractivity contribution in [3.05, 3.63) is 127 Å². The molecule has 228 valence electrons. The summed E-state index contributed by atoms with van der Waals surface area (Å²) < 4.78 is 70.0. The van der Waals surface area contributed by atoms with Crippen molar-refractivity contribution in [2.24, 2.45) is 4.99 Å². The van der Waals surface area contributed by atoms with Crippen molar-refractivity contribution in [2.75, 3.05) is 6.61 Å². The second-order valence-corrected chi connectivity index (χ2v) is 12.9. The number of nitrogens with zero attached hydrogens (tertiary/aromatic N) is 2. The van der Waals surface area contributed by atoms with E-state index >= 15 is 0 Å². The number of esters is 1. The van der Waals surface area contributed by atoms with Gasteiger partial charge in [0.15, 0.2) is 10.5 Å². The smallest absolute Gasteiger partial charge is 0.434 e. The zero-order valence-corrected chi connectivity index (χ0v) is 27.7. The van der Waals surface area contributed by atoms with Gasteiger partial charge in [-0.15, -0.1) is 0 Å². The van der Waals surface area contributed by atoms with Crippen LogP contribution in [0, 0.1) is 9.39 Å². The number of benzene rings is 3. The molecule has 3 aromatic carbocycles. The Morgan fingerprint density at radius 1 is 1.16 bits per heavy atom. The molecule has 0 spiro atoms. The molecule has 0 aliphatic carbocycles. The van der Waals surface area contributed by atoms with E-state index in [1.165, 1.54) is 49.4 Å². The van der Waals surface area contributed by atoms with E-state index in [9.17, 15) is 27.2 Å². The van der Waals surface area contributed by atoms with Crippen LogP contribution in [0.5, 0.6) is 5.75 Å². The first-order valence-corrected chi connectivity index (χ1v) is 15.9. The topological polar surface area (TPSA) is 69.9 Å². The van der Waals surface area contributed by atoms with Crippen LogP contribution >= 0.6 is 61.5 Å². The third kappa shape index (κ3) is 6.80. The first-order valence-electron chi connectivity index (χ1n) is 12.8. The molecule has 2 heterocycles. The maximum Gasteiger partial charge on any atom is 0.434 e. The number of carbonyl (C=O) groups excluding carboxylic acids is 1. The molecule has 4 aromatic rings. The molecule has 0 N–H and O–H groups in total. The Kier molecular flexibility index (Phi) is 9.68. The van der Waals surface area contributed by atoms with Gasteiger partial charge in [-0.05, 0) is 83.1 Å². The van der Waals surface area contributed by atoms with Gasteiger partial charge in [-0.1, -0.05) is 63.1 Å². The largest absolute Gasteiger partial charge is 0.487 e. The molecular weight excluding hydrogens is 803 g/mol. The molecule has 1 aliphatic rings. The average molecular weight is 822 g/mol. The van der Waals surface area contributed by atoms with Gasteiger partial charge in [0.05, 0.1) is 26.3 Å². The number of fused-ring (bicyclic) bond motifs is 1. The van der Waals surface area contributed by atoms with Crippen molar-refractivity contribution in [3.63, 3.8) is 0 Å². The Hall–Kier alpha value is -3.01. The van der Waals surface area contributed by atoms with Crippen molar-refractivity contribution in [1.82, 2.24) is 4.57 Å². The van der Waals surface area contributed by atoms with E-state index < -0.39 is 35.0 Å². The van der Waals surface area contributed by atoms with E-state index in [4.69, 9.17) is 21.1 Å². The predicted octanol–water partition coefficient (Wildman–Crippen LogP) is 7.08. The Morgan fingerprint density at radius 3 is 2.48 bits per heavy atom. The van der Waals surface area contributed by atoms with Gasteiger partial charge in [-0.25, -0.2) is 14.2 Å². The molecule has 0 fully saturated rings. The highest BCUT2D eigenvalue weighted by atomic mass is 127. The summed E-state index contributed by atoms with van der Waals surface area (Å²) in [6.07, 6.45) is -3.53. The number of alkyl halides is 3. The number of hydrogen-bond donors (Lipinski definition) is 0. The van der Waals surface area contributed by atoms with Crippen molar-refractivity contribution >= 4 is 73.5 Å². The summed E-state index contributed by atoms with van der Waals surface area (Å²) in [5, 5.41) is 0.316. The number of ether oxygens (including phenoxy) is 2. The normalized spacial score (nSPS) is 15.2. The molecule has 0 bridgehead atoms. The summed E-state index contributed by atoms with van der Waals surface area (Å²) in [6.45, 7) is 1.37. The first kappa shape index (κ1) is 32.4. The van der Waals surface area contributed by atoms with Gasteiger partial charge in [-0.3, -0.25) is 9.36 Å². The van der Waals surface area contributed by atoms with Gasteiger partial charge < -0.3 is 9.47 Å². The van der Waals surface area contributed by atoms with Gasteiger partial charge in [0.1, 0.15) is 18.2 Å². The molecule has 0 unspecified atom stereocenters. The molecule has 1 aromatic heterocycles. The minimum absolute atomic E-state index is 0.0508. The fourth-order valence-corrected chi connectivity index (χ4v) is 7.34. The molecule has 1 aliphatic heterocycles. The molecule has 44 heavy (non-hydrogen) atoms. The molecule has 6 nitrogen and oxygen atoms in total. The van der Waals surface area contributed by atoms with E-state index in [1.807, 2.05) is 0 Å². The molecule has 14 heteroatoms. The fraction of sp³-hybridized carbons (Fsp3) is 0.167. The lowest BCUT2D eigenvalue weighted by atomic mass is 9.95. The predicted molar refractivity (Wildman–Crippen MR) is 170 cm³/mol. The van der Waals surface area contributed by atoms with Gasteiger partial charge in [0, 0.05) is 15.1 Å². The van der Waals surface area contributed by atoms with Gasteiger partial charge in [-0.2, -0.15) is 13.2 Å². The Bertz CT molecular complexity index is 1960. The van der Waals surface area contributed by atoms with E-state index in [0.29, 0.717) is 29.9 Å². The van der Waals surface area contributed by atoms with E-state index in [0.717, 1.165) is 15.9 Å². The Balaban J connectivity index is 1.71. The lowest BCUT2D eigenvalue weighted by molar-refractivity contribution is -0.140. The number of rotatable bonds is 7. The van der Waals surface area contributed by atoms with E-state index in [-0.39, 0.29) is 33.9 Å². The number of allylic oxidation sites excluding steroid dienone is 1. The zero-order chi connectivity index (χ0) is 31.8. The van der Waals surface area contributed by atoms with Crippen LogP contribution in [0.25, 0.3) is 6.08 Å². The quantitative estimate of drug-likeness (QED) is 0.114. The highest BCUT2D eigenvalue weighted by molar-refractivity contribution is 14.1. The maximum absolute atomic E-state index is 14.4. The number of carbonyl (C=O) groups is 1. The number of thiazole rings is 1. The van der Waals surface area contributed by atoms with E-state index in [1.54, 1.807) is 24.3 Å². The van der Waals surface area contributed by atoms with Crippen LogP contribution in [-0.4, -0.2) is 23.3 Å². The summed E-state index contributed by atoms with van der Waals surface area (Å²) in [5.41, 5.74) is -1.55. The molecular formula is C30H19BrClF4IN2O4S. The number of halogens is 7. The van der Waals surface area contributed by atoms with E-state index in [2.05, 4.69) is 43.5 Å². The van der Waals surface area contributed by atoms with Crippen LogP contribution in [0.3, 0.4) is 0 Å². The summed E-state index contributed by atoms with van der Waals surface area (Å²) in [4.78, 5) is 30.5. The highest BCUT2D eigenvalue weighted by Gasteiger charge is 2.45. The standard InChI is InChI=1S/C30H19BrClF4IN2O4S/c1-2-42-28(41)23-24(16-5-7-19(32)8-6-16)39-27(40)22(44-29(39)38-26(23)30(34,35)36)12-17-11-18(31)13-21(37)25(17)43-14-15-3-9-20(33)10-4-15/h3-13,24H,2,14H2,1H3/b22-12-/t24-/m0/s1. The third-order valence-electron chi connectivity index (χ3n) is 6.40. The molecule has 5 rings (SSSR count). The third-order valence-corrected chi connectivity index (χ3v) is 8.89. The van der Waals surface area contributed by atoms with Gasteiger partial charge in [0.25, 0.3) is 5.56 Å². The lowest BCUT2D eigenvalue weighted by Gasteiger charge is -2.26. The minimum Gasteiger partial charge on any atom is -0.487 e. The SMILES string of the molecule is CCOC(=O)C1=C(C(F)(F)F)N=c2s/c(=C\c3cc(Br)cc(I)c3OCc3ccc(F)cc3)c(=O)n2[C@H]1c1ccc(Cl)cc1. The van der Waals surface area contributed by atoms with Crippen LogP contribution in [-0.2, 0) is 16.1 Å².